The molecule has 222 valence electrons. The second-order valence-electron chi connectivity index (χ2n) is 10.3. The van der Waals surface area contributed by atoms with E-state index >= 15 is 0 Å². The van der Waals surface area contributed by atoms with Gasteiger partial charge in [-0.25, -0.2) is 17.8 Å². The van der Waals surface area contributed by atoms with E-state index in [1.54, 1.807) is 42.3 Å². The van der Waals surface area contributed by atoms with Gasteiger partial charge in [-0.15, -0.1) is 0 Å². The normalized spacial score (nSPS) is 13.2. The molecular formula is C30H28ClN5O6S. The summed E-state index contributed by atoms with van der Waals surface area (Å²) in [7, 11) is -2.44. The van der Waals surface area contributed by atoms with E-state index in [-0.39, 0.29) is 27.1 Å². The number of nitro groups is 1. The second kappa shape index (κ2) is 12.0. The summed E-state index contributed by atoms with van der Waals surface area (Å²) in [5.74, 6) is 0.0798. The Balaban J connectivity index is 1.52. The van der Waals surface area contributed by atoms with Crippen LogP contribution < -0.4 is 15.0 Å². The number of nitrogens with one attached hydrogen (secondary N) is 1. The number of ether oxygens (including phenoxy) is 1. The monoisotopic (exact) mass is 621 g/mol. The van der Waals surface area contributed by atoms with E-state index in [2.05, 4.69) is 9.82 Å². The van der Waals surface area contributed by atoms with E-state index in [9.17, 15) is 23.3 Å². The van der Waals surface area contributed by atoms with E-state index < -0.39 is 27.1 Å². The Kier molecular flexibility index (Phi) is 8.36. The number of aryl methyl sites for hydroxylation is 1. The molecule has 13 heteroatoms. The van der Waals surface area contributed by atoms with Crippen molar-refractivity contribution in [2.45, 2.75) is 30.9 Å². The molecule has 0 spiro atoms. The number of nitrogens with zero attached hydrogens (tertiary/aromatic N) is 4. The summed E-state index contributed by atoms with van der Waals surface area (Å²) < 4.78 is 39.3. The van der Waals surface area contributed by atoms with Gasteiger partial charge in [-0.05, 0) is 41.8 Å². The molecule has 0 aliphatic heterocycles. The summed E-state index contributed by atoms with van der Waals surface area (Å²) >= 11 is 6.75. The molecule has 2 heterocycles. The lowest BCUT2D eigenvalue weighted by atomic mass is 9.94. The van der Waals surface area contributed by atoms with Gasteiger partial charge in [0.05, 0.1) is 38.3 Å². The third-order valence-corrected chi connectivity index (χ3v) is 8.78. The van der Waals surface area contributed by atoms with Gasteiger partial charge in [0, 0.05) is 36.8 Å². The van der Waals surface area contributed by atoms with Crippen LogP contribution >= 0.6 is 11.6 Å². The number of non-ortho nitro benzene ring substituents is 1. The Bertz CT molecular complexity index is 1960. The maximum absolute atomic E-state index is 13.4. The van der Waals surface area contributed by atoms with Crippen molar-refractivity contribution in [2.24, 2.45) is 13.0 Å². The highest BCUT2D eigenvalue weighted by Gasteiger charge is 2.33. The average Bonchev–Trinajstić information content (AvgIpc) is 3.39. The van der Waals surface area contributed by atoms with Gasteiger partial charge >= 0.3 is 0 Å². The van der Waals surface area contributed by atoms with E-state index in [1.807, 2.05) is 44.2 Å². The fourth-order valence-electron chi connectivity index (χ4n) is 4.70. The standard InChI is InChI=1S/C30H28ClN5O6S/c1-19(2)29(33-43(40,41)24-12-9-22(10-13-24)36(38)39)30(20-7-5-4-6-8-20)42-27-15-21-17-32-35(26(21)16-25(27)31)23-11-14-28(37)34(3)18-23/h4-19,29-30,33H,1-3H3. The van der Waals surface area contributed by atoms with Crippen molar-refractivity contribution in [3.8, 4) is 11.4 Å². The summed E-state index contributed by atoms with van der Waals surface area (Å²) in [4.78, 5) is 22.2. The van der Waals surface area contributed by atoms with Gasteiger partial charge in [0.1, 0.15) is 11.9 Å². The zero-order chi connectivity index (χ0) is 30.9. The second-order valence-corrected chi connectivity index (χ2v) is 12.4. The smallest absolute Gasteiger partial charge is 0.269 e. The van der Waals surface area contributed by atoms with Crippen LogP contribution in [0.4, 0.5) is 5.69 Å². The largest absolute Gasteiger partial charge is 0.482 e. The molecule has 0 saturated heterocycles. The molecule has 43 heavy (non-hydrogen) atoms. The number of pyridine rings is 1. The lowest BCUT2D eigenvalue weighted by molar-refractivity contribution is -0.384. The minimum atomic E-state index is -4.09. The summed E-state index contributed by atoms with van der Waals surface area (Å²) in [6, 6.07) is 19.7. The number of hydrogen-bond donors (Lipinski definition) is 1. The third-order valence-electron chi connectivity index (χ3n) is 7.01. The van der Waals surface area contributed by atoms with Gasteiger partial charge in [-0.1, -0.05) is 55.8 Å². The highest BCUT2D eigenvalue weighted by Crippen LogP contribution is 2.36. The molecule has 11 nitrogen and oxygen atoms in total. The molecule has 0 aliphatic carbocycles. The Morgan fingerprint density at radius 2 is 1.72 bits per heavy atom. The molecule has 0 aliphatic rings. The van der Waals surface area contributed by atoms with Gasteiger partial charge in [0.25, 0.3) is 5.69 Å². The first-order valence-corrected chi connectivity index (χ1v) is 15.1. The molecule has 2 aromatic heterocycles. The van der Waals surface area contributed by atoms with Crippen LogP contribution in [0.3, 0.4) is 0 Å². The molecule has 2 unspecified atom stereocenters. The molecule has 0 bridgehead atoms. The van der Waals surface area contributed by atoms with E-state index in [1.165, 1.54) is 22.8 Å². The molecule has 5 aromatic rings. The van der Waals surface area contributed by atoms with Gasteiger partial charge < -0.3 is 9.30 Å². The fraction of sp³-hybridized carbons (Fsp3) is 0.200. The van der Waals surface area contributed by atoms with E-state index in [0.29, 0.717) is 27.9 Å². The number of fused-ring (bicyclic) bond motifs is 1. The fourth-order valence-corrected chi connectivity index (χ4v) is 6.29. The van der Waals surface area contributed by atoms with Gasteiger partial charge in [0.2, 0.25) is 15.6 Å². The maximum atomic E-state index is 13.4. The lowest BCUT2D eigenvalue weighted by Crippen LogP contribution is -2.44. The lowest BCUT2D eigenvalue weighted by Gasteiger charge is -2.32. The predicted octanol–water partition coefficient (Wildman–Crippen LogP) is 5.41. The number of nitro benzene ring substituents is 1. The van der Waals surface area contributed by atoms with Crippen LogP contribution in [0.25, 0.3) is 16.6 Å². The highest BCUT2D eigenvalue weighted by molar-refractivity contribution is 7.89. The topological polar surface area (TPSA) is 138 Å². The molecular weight excluding hydrogens is 594 g/mol. The van der Waals surface area contributed by atoms with Gasteiger partial charge in [-0.3, -0.25) is 14.9 Å². The first-order valence-electron chi connectivity index (χ1n) is 13.3. The molecule has 0 radical (unpaired) electrons. The number of rotatable bonds is 10. The van der Waals surface area contributed by atoms with Crippen molar-refractivity contribution in [1.29, 1.82) is 0 Å². The summed E-state index contributed by atoms with van der Waals surface area (Å²) in [6.07, 6.45) is 2.52. The SMILES string of the molecule is CC(C)C(NS(=O)(=O)c1ccc([N+](=O)[O-])cc1)C(Oc1cc2cnn(-c3ccc(=O)n(C)c3)c2cc1Cl)c1ccccc1. The van der Waals surface area contributed by atoms with E-state index in [4.69, 9.17) is 16.3 Å². The van der Waals surface area contributed by atoms with Crippen molar-refractivity contribution in [3.05, 3.63) is 122 Å². The molecule has 0 amide bonds. The Labute approximate surface area is 252 Å². The van der Waals surface area contributed by atoms with Crippen molar-refractivity contribution in [3.63, 3.8) is 0 Å². The minimum Gasteiger partial charge on any atom is -0.482 e. The molecule has 3 aromatic carbocycles. The first kappa shape index (κ1) is 30.0. The Hall–Kier alpha value is -4.52. The maximum Gasteiger partial charge on any atom is 0.269 e. The third kappa shape index (κ3) is 6.31. The molecule has 0 fully saturated rings. The van der Waals surface area contributed by atoms with Crippen LogP contribution in [-0.2, 0) is 17.1 Å². The van der Waals surface area contributed by atoms with Crippen molar-refractivity contribution >= 4 is 38.2 Å². The van der Waals surface area contributed by atoms with Crippen molar-refractivity contribution < 1.29 is 18.1 Å². The summed E-state index contributed by atoms with van der Waals surface area (Å²) in [6.45, 7) is 3.73. The quantitative estimate of drug-likeness (QED) is 0.162. The van der Waals surface area contributed by atoms with Crippen molar-refractivity contribution in [1.82, 2.24) is 19.1 Å². The van der Waals surface area contributed by atoms with Crippen LogP contribution in [0.2, 0.25) is 5.02 Å². The zero-order valence-corrected chi connectivity index (χ0v) is 25.0. The number of hydrogen-bond acceptors (Lipinski definition) is 7. The van der Waals surface area contributed by atoms with Crippen LogP contribution in [0.15, 0.2) is 101 Å². The molecule has 0 saturated carbocycles. The van der Waals surface area contributed by atoms with Crippen LogP contribution in [-0.4, -0.2) is 33.7 Å². The zero-order valence-electron chi connectivity index (χ0n) is 23.4. The van der Waals surface area contributed by atoms with Gasteiger partial charge in [-0.2, -0.15) is 5.10 Å². The van der Waals surface area contributed by atoms with Gasteiger partial charge in [0.15, 0.2) is 0 Å². The highest BCUT2D eigenvalue weighted by atomic mass is 35.5. The summed E-state index contributed by atoms with van der Waals surface area (Å²) in [5.41, 5.74) is 1.71. The molecule has 1 N–H and O–H groups in total. The number of aromatic nitrogens is 3. The predicted molar refractivity (Wildman–Crippen MR) is 163 cm³/mol. The Morgan fingerprint density at radius 1 is 1.02 bits per heavy atom. The Morgan fingerprint density at radius 3 is 2.35 bits per heavy atom. The summed E-state index contributed by atoms with van der Waals surface area (Å²) in [5, 5.41) is 16.5. The average molecular weight is 622 g/mol. The minimum absolute atomic E-state index is 0.110. The molecule has 2 atom stereocenters. The number of halogens is 1. The van der Waals surface area contributed by atoms with Crippen LogP contribution in [0.5, 0.6) is 5.75 Å². The van der Waals surface area contributed by atoms with Crippen LogP contribution in [0, 0.1) is 16.0 Å². The van der Waals surface area contributed by atoms with E-state index in [0.717, 1.165) is 12.1 Å². The number of benzene rings is 3. The van der Waals surface area contributed by atoms with Crippen molar-refractivity contribution in [2.75, 3.05) is 0 Å². The van der Waals surface area contributed by atoms with Crippen LogP contribution in [0.1, 0.15) is 25.5 Å². The number of sulfonamides is 1. The molecule has 5 rings (SSSR count). The first-order chi connectivity index (χ1) is 20.4.